The number of urea groups is 1. The van der Waals surface area contributed by atoms with E-state index < -0.39 is 0 Å². The molecule has 0 unspecified atom stereocenters. The molecular weight excluding hydrogens is 312 g/mol. The highest BCUT2D eigenvalue weighted by Crippen LogP contribution is 2.18. The second-order valence-corrected chi connectivity index (χ2v) is 5.87. The maximum Gasteiger partial charge on any atom is 0.315 e. The number of nitrogens with one attached hydrogen (secondary N) is 2. The second-order valence-electron chi connectivity index (χ2n) is 4.89. The van der Waals surface area contributed by atoms with Crippen molar-refractivity contribution in [3.8, 4) is 11.5 Å². The highest BCUT2D eigenvalue weighted by Gasteiger charge is 2.09. The van der Waals surface area contributed by atoms with Gasteiger partial charge in [-0.15, -0.1) is 11.3 Å². The van der Waals surface area contributed by atoms with E-state index in [0.29, 0.717) is 19.8 Å². The lowest BCUT2D eigenvalue weighted by Gasteiger charge is -2.13. The minimum Gasteiger partial charge on any atom is -0.494 e. The zero-order valence-corrected chi connectivity index (χ0v) is 14.2. The summed E-state index contributed by atoms with van der Waals surface area (Å²) in [5.74, 6) is 1.57. The molecule has 0 aliphatic heterocycles. The van der Waals surface area contributed by atoms with Crippen LogP contribution >= 0.6 is 11.3 Å². The maximum atomic E-state index is 11.8. The van der Waals surface area contributed by atoms with Gasteiger partial charge in [-0.2, -0.15) is 0 Å². The van der Waals surface area contributed by atoms with E-state index in [-0.39, 0.29) is 12.1 Å². The summed E-state index contributed by atoms with van der Waals surface area (Å²) in [4.78, 5) is 12.9. The van der Waals surface area contributed by atoms with E-state index in [1.54, 1.807) is 11.3 Å². The molecule has 2 rings (SSSR count). The van der Waals surface area contributed by atoms with Crippen molar-refractivity contribution < 1.29 is 14.3 Å². The maximum absolute atomic E-state index is 11.8. The highest BCUT2D eigenvalue weighted by molar-refractivity contribution is 7.10. The molecule has 0 saturated heterocycles. The van der Waals surface area contributed by atoms with Gasteiger partial charge in [-0.3, -0.25) is 0 Å². The van der Waals surface area contributed by atoms with Gasteiger partial charge in [0.15, 0.2) is 0 Å². The molecule has 2 aromatic rings. The quantitative estimate of drug-likeness (QED) is 0.725. The zero-order valence-electron chi connectivity index (χ0n) is 13.4. The summed E-state index contributed by atoms with van der Waals surface area (Å²) in [5, 5.41) is 7.67. The molecule has 0 aliphatic rings. The Hall–Kier alpha value is -2.21. The van der Waals surface area contributed by atoms with Gasteiger partial charge >= 0.3 is 6.03 Å². The molecule has 5 nitrogen and oxygen atoms in total. The third-order valence-electron chi connectivity index (χ3n) is 3.11. The van der Waals surface area contributed by atoms with Crippen molar-refractivity contribution in [2.45, 2.75) is 19.9 Å². The van der Waals surface area contributed by atoms with Crippen LogP contribution in [0.25, 0.3) is 0 Å². The van der Waals surface area contributed by atoms with Gasteiger partial charge in [-0.05, 0) is 49.6 Å². The average molecular weight is 334 g/mol. The third-order valence-corrected chi connectivity index (χ3v) is 4.16. The molecule has 2 amide bonds. The van der Waals surface area contributed by atoms with Gasteiger partial charge < -0.3 is 20.1 Å². The number of carbonyl (C=O) groups excluding carboxylic acids is 1. The van der Waals surface area contributed by atoms with E-state index in [4.69, 9.17) is 9.47 Å². The highest BCUT2D eigenvalue weighted by atomic mass is 32.1. The Morgan fingerprint density at radius 2 is 1.87 bits per heavy atom. The minimum absolute atomic E-state index is 0.00188. The first-order valence-electron chi connectivity index (χ1n) is 7.62. The number of thiophene rings is 1. The van der Waals surface area contributed by atoms with Crippen LogP contribution in [0.3, 0.4) is 0 Å². The van der Waals surface area contributed by atoms with E-state index in [0.717, 1.165) is 16.4 Å². The van der Waals surface area contributed by atoms with Crippen LogP contribution in [0.1, 0.15) is 24.8 Å². The standard InChI is InChI=1S/C17H22N2O3S/c1-3-21-14-6-8-15(9-7-14)22-11-10-18-17(20)19-13(2)16-5-4-12-23-16/h4-9,12-13H,3,10-11H2,1-2H3,(H2,18,19,20)/t13-/m0/s1. The summed E-state index contributed by atoms with van der Waals surface area (Å²) in [6.07, 6.45) is 0. The van der Waals surface area contributed by atoms with Crippen molar-refractivity contribution >= 4 is 17.4 Å². The first-order chi connectivity index (χ1) is 11.2. The molecule has 1 atom stereocenters. The fourth-order valence-corrected chi connectivity index (χ4v) is 2.72. The summed E-state index contributed by atoms with van der Waals surface area (Å²) in [5.41, 5.74) is 0. The van der Waals surface area contributed by atoms with Gasteiger partial charge in [0.2, 0.25) is 0 Å². The van der Waals surface area contributed by atoms with E-state index in [1.807, 2.05) is 55.6 Å². The van der Waals surface area contributed by atoms with Crippen LogP contribution < -0.4 is 20.1 Å². The lowest BCUT2D eigenvalue weighted by molar-refractivity contribution is 0.233. The van der Waals surface area contributed by atoms with Crippen LogP contribution in [0.4, 0.5) is 4.79 Å². The van der Waals surface area contributed by atoms with Gasteiger partial charge in [-0.25, -0.2) is 4.79 Å². The van der Waals surface area contributed by atoms with Gasteiger partial charge in [0.1, 0.15) is 18.1 Å². The SMILES string of the molecule is CCOc1ccc(OCCNC(=O)N[C@@H](C)c2cccs2)cc1. The zero-order chi connectivity index (χ0) is 16.5. The molecule has 2 N–H and O–H groups in total. The van der Waals surface area contributed by atoms with Gasteiger partial charge in [0, 0.05) is 4.88 Å². The first kappa shape index (κ1) is 17.1. The lowest BCUT2D eigenvalue weighted by Crippen LogP contribution is -2.38. The Morgan fingerprint density at radius 3 is 2.48 bits per heavy atom. The first-order valence-corrected chi connectivity index (χ1v) is 8.50. The Morgan fingerprint density at radius 1 is 1.17 bits per heavy atom. The Kier molecular flexibility index (Phi) is 6.75. The molecule has 0 radical (unpaired) electrons. The van der Waals surface area contributed by atoms with Crippen LogP contribution in [-0.2, 0) is 0 Å². The molecule has 124 valence electrons. The summed E-state index contributed by atoms with van der Waals surface area (Å²) in [6.45, 7) is 5.40. The summed E-state index contributed by atoms with van der Waals surface area (Å²) in [7, 11) is 0. The van der Waals surface area contributed by atoms with Crippen molar-refractivity contribution in [2.24, 2.45) is 0 Å². The predicted octanol–water partition coefficient (Wildman–Crippen LogP) is 3.59. The van der Waals surface area contributed by atoms with Gasteiger partial charge in [-0.1, -0.05) is 6.07 Å². The number of amides is 2. The third kappa shape index (κ3) is 5.83. The molecule has 0 fully saturated rings. The van der Waals surface area contributed by atoms with Crippen LogP contribution in [0.5, 0.6) is 11.5 Å². The average Bonchev–Trinajstić information content (AvgIpc) is 3.08. The number of benzene rings is 1. The van der Waals surface area contributed by atoms with Crippen molar-refractivity contribution in [3.05, 3.63) is 46.7 Å². The smallest absolute Gasteiger partial charge is 0.315 e. The van der Waals surface area contributed by atoms with E-state index >= 15 is 0 Å². The van der Waals surface area contributed by atoms with Crippen LogP contribution in [0.2, 0.25) is 0 Å². The Bertz CT molecular complexity index is 584. The van der Waals surface area contributed by atoms with Crippen molar-refractivity contribution in [2.75, 3.05) is 19.8 Å². The van der Waals surface area contributed by atoms with Crippen LogP contribution in [0.15, 0.2) is 41.8 Å². The molecule has 6 heteroatoms. The molecular formula is C17H22N2O3S. The van der Waals surface area contributed by atoms with Crippen molar-refractivity contribution in [1.82, 2.24) is 10.6 Å². The number of rotatable bonds is 8. The number of hydrogen-bond acceptors (Lipinski definition) is 4. The van der Waals surface area contributed by atoms with Crippen molar-refractivity contribution in [1.29, 1.82) is 0 Å². The van der Waals surface area contributed by atoms with Gasteiger partial charge in [0.05, 0.1) is 19.2 Å². The van der Waals surface area contributed by atoms with Crippen LogP contribution in [0, 0.1) is 0 Å². The molecule has 1 aromatic carbocycles. The molecule has 0 spiro atoms. The fourth-order valence-electron chi connectivity index (χ4n) is 1.99. The summed E-state index contributed by atoms with van der Waals surface area (Å²) in [6, 6.07) is 11.2. The predicted molar refractivity (Wildman–Crippen MR) is 92.4 cm³/mol. The normalized spacial score (nSPS) is 11.6. The van der Waals surface area contributed by atoms with Crippen LogP contribution in [-0.4, -0.2) is 25.8 Å². The topological polar surface area (TPSA) is 59.6 Å². The molecule has 1 heterocycles. The number of carbonyl (C=O) groups is 1. The lowest BCUT2D eigenvalue weighted by atomic mass is 10.3. The summed E-state index contributed by atoms with van der Waals surface area (Å²) >= 11 is 1.63. The van der Waals surface area contributed by atoms with E-state index in [2.05, 4.69) is 10.6 Å². The fraction of sp³-hybridized carbons (Fsp3) is 0.353. The number of hydrogen-bond donors (Lipinski definition) is 2. The molecule has 0 saturated carbocycles. The Labute approximate surface area is 140 Å². The van der Waals surface area contributed by atoms with Crippen molar-refractivity contribution in [3.63, 3.8) is 0 Å². The van der Waals surface area contributed by atoms with E-state index in [1.165, 1.54) is 0 Å². The molecule has 23 heavy (non-hydrogen) atoms. The minimum atomic E-state index is -0.193. The monoisotopic (exact) mass is 334 g/mol. The largest absolute Gasteiger partial charge is 0.494 e. The molecule has 0 aliphatic carbocycles. The molecule has 1 aromatic heterocycles. The van der Waals surface area contributed by atoms with E-state index in [9.17, 15) is 4.79 Å². The second kappa shape index (κ2) is 9.05. The molecule has 0 bridgehead atoms. The van der Waals surface area contributed by atoms with Gasteiger partial charge in [0.25, 0.3) is 0 Å². The number of ether oxygens (including phenoxy) is 2. The Balaban J connectivity index is 1.63. The summed E-state index contributed by atoms with van der Waals surface area (Å²) < 4.78 is 10.9.